The van der Waals surface area contributed by atoms with Crippen LogP contribution in [0.3, 0.4) is 0 Å². The highest BCUT2D eigenvalue weighted by Gasteiger charge is 2.54. The number of fused-ring (bicyclic) bond motifs is 1. The van der Waals surface area contributed by atoms with Crippen LogP contribution in [0, 0.1) is 11.7 Å². The molecule has 0 radical (unpaired) electrons. The van der Waals surface area contributed by atoms with Gasteiger partial charge >= 0.3 is 0 Å². The van der Waals surface area contributed by atoms with Gasteiger partial charge in [0.1, 0.15) is 24.1 Å². The third kappa shape index (κ3) is 7.01. The first-order valence-electron chi connectivity index (χ1n) is 16.1. The lowest BCUT2D eigenvalue weighted by atomic mass is 10.0. The Kier molecular flexibility index (Phi) is 9.98. The second-order valence-corrected chi connectivity index (χ2v) is 18.9. The molecule has 4 N–H and O–H groups in total. The predicted molar refractivity (Wildman–Crippen MR) is 179 cm³/mol. The van der Waals surface area contributed by atoms with Gasteiger partial charge in [0.25, 0.3) is 5.56 Å². The number of aromatic amines is 1. The van der Waals surface area contributed by atoms with E-state index in [1.54, 1.807) is 37.7 Å². The van der Waals surface area contributed by atoms with E-state index in [1.165, 1.54) is 12.4 Å². The number of carbonyl (C=O) groups is 1. The molecule has 1 aromatic carbocycles. The molecule has 0 spiro atoms. The van der Waals surface area contributed by atoms with Crippen molar-refractivity contribution < 1.29 is 27.8 Å². The lowest BCUT2D eigenvalue weighted by Crippen LogP contribution is -2.55. The smallest absolute Gasteiger partial charge is 0.280 e. The maximum absolute atomic E-state index is 14.7. The summed E-state index contributed by atoms with van der Waals surface area (Å²) in [4.78, 5) is 39.0. The standard InChI is InChI=1S/C32H48FN7O6Si/c1-19(2)27(41)37-30-36-26-23(28(42)38-30)35-18-40(26)29-25(24(22(17-34)44-29)46-47(7,8)31(3,4)5)45-32(43-6)13-15-39(16-14-32)21-12-10-9-11-20(21)33/h9-12,18-19,22,24-25,29H,13-17,34H2,1-8H3,(H2,36,37,38,41,42)/t22-,24-,25-,29-/m1/s1. The van der Waals surface area contributed by atoms with E-state index in [0.29, 0.717) is 31.6 Å². The summed E-state index contributed by atoms with van der Waals surface area (Å²) in [6.45, 7) is 15.4. The fraction of sp³-hybridized carbons (Fsp3) is 0.625. The van der Waals surface area contributed by atoms with Crippen molar-refractivity contribution in [3.05, 3.63) is 46.8 Å². The number of para-hydroxylation sites is 1. The second kappa shape index (κ2) is 13.4. The Hall–Kier alpha value is -3.21. The van der Waals surface area contributed by atoms with Gasteiger partial charge in [0, 0.05) is 45.5 Å². The molecule has 0 bridgehead atoms. The van der Waals surface area contributed by atoms with E-state index in [9.17, 15) is 14.0 Å². The highest BCUT2D eigenvalue weighted by Crippen LogP contribution is 2.45. The molecule has 0 aliphatic carbocycles. The molecule has 2 aliphatic rings. The average molecular weight is 674 g/mol. The zero-order chi connectivity index (χ0) is 34.3. The van der Waals surface area contributed by atoms with Gasteiger partial charge in [-0.3, -0.25) is 24.5 Å². The van der Waals surface area contributed by atoms with Gasteiger partial charge in [0.05, 0.1) is 12.0 Å². The number of carbonyl (C=O) groups excluding carboxylic acids is 1. The first-order chi connectivity index (χ1) is 22.1. The van der Waals surface area contributed by atoms with Crippen molar-refractivity contribution in [3.63, 3.8) is 0 Å². The first-order valence-corrected chi connectivity index (χ1v) is 19.0. The minimum atomic E-state index is -2.40. The number of anilines is 2. The Labute approximate surface area is 275 Å². The van der Waals surface area contributed by atoms with E-state index in [-0.39, 0.29) is 46.3 Å². The molecule has 5 rings (SSSR count). The van der Waals surface area contributed by atoms with Gasteiger partial charge in [-0.1, -0.05) is 46.8 Å². The number of piperidine rings is 1. The monoisotopic (exact) mass is 673 g/mol. The molecule has 2 saturated heterocycles. The summed E-state index contributed by atoms with van der Waals surface area (Å²) in [6, 6.07) is 6.71. The zero-order valence-corrected chi connectivity index (χ0v) is 29.5. The summed E-state index contributed by atoms with van der Waals surface area (Å²) >= 11 is 0. The van der Waals surface area contributed by atoms with Gasteiger partial charge in [-0.05, 0) is 30.3 Å². The lowest BCUT2D eigenvalue weighted by Gasteiger charge is -2.45. The number of nitrogens with zero attached hydrogens (tertiary/aromatic N) is 4. The number of nitrogens with one attached hydrogen (secondary N) is 2. The minimum Gasteiger partial charge on any atom is -0.408 e. The van der Waals surface area contributed by atoms with Crippen molar-refractivity contribution in [1.82, 2.24) is 19.5 Å². The number of nitrogens with two attached hydrogens (primary N) is 1. The topological polar surface area (TPSA) is 159 Å². The number of aromatic nitrogens is 4. The molecule has 3 aromatic rings. The van der Waals surface area contributed by atoms with Crippen LogP contribution in [0.15, 0.2) is 35.4 Å². The van der Waals surface area contributed by atoms with Gasteiger partial charge in [0.15, 0.2) is 31.5 Å². The van der Waals surface area contributed by atoms with Crippen molar-refractivity contribution in [2.75, 3.05) is 37.0 Å². The third-order valence-electron chi connectivity index (χ3n) is 9.67. The summed E-state index contributed by atoms with van der Waals surface area (Å²) in [7, 11) is -0.794. The second-order valence-electron chi connectivity index (χ2n) is 14.2. The lowest BCUT2D eigenvalue weighted by molar-refractivity contribution is -0.275. The molecule has 2 fully saturated rings. The largest absolute Gasteiger partial charge is 0.408 e. The van der Waals surface area contributed by atoms with Crippen LogP contribution in [0.4, 0.5) is 16.0 Å². The van der Waals surface area contributed by atoms with Crippen LogP contribution < -0.4 is 21.5 Å². The fourth-order valence-corrected chi connectivity index (χ4v) is 7.07. The number of halogens is 1. The van der Waals surface area contributed by atoms with Crippen LogP contribution in [0.2, 0.25) is 18.1 Å². The molecule has 2 aromatic heterocycles. The molecule has 2 aliphatic heterocycles. The van der Waals surface area contributed by atoms with Crippen LogP contribution in [-0.4, -0.2) is 84.6 Å². The van der Waals surface area contributed by atoms with Crippen molar-refractivity contribution in [1.29, 1.82) is 0 Å². The van der Waals surface area contributed by atoms with Gasteiger partial charge in [-0.15, -0.1) is 0 Å². The summed E-state index contributed by atoms with van der Waals surface area (Å²) in [6.07, 6.45) is -0.421. The maximum Gasteiger partial charge on any atom is 0.280 e. The first kappa shape index (κ1) is 35.1. The number of H-pyrrole nitrogens is 1. The normalized spacial score (nSPS) is 23.5. The molecular formula is C32H48FN7O6Si. The number of amides is 1. The summed E-state index contributed by atoms with van der Waals surface area (Å²) in [5.41, 5.74) is 6.61. The molecule has 1 amide bonds. The van der Waals surface area contributed by atoms with Crippen molar-refractivity contribution in [2.45, 2.75) is 95.9 Å². The van der Waals surface area contributed by atoms with E-state index in [2.05, 4.69) is 54.1 Å². The third-order valence-corrected chi connectivity index (χ3v) is 14.1. The number of ether oxygens (including phenoxy) is 3. The molecule has 47 heavy (non-hydrogen) atoms. The van der Waals surface area contributed by atoms with E-state index in [4.69, 9.17) is 24.4 Å². The van der Waals surface area contributed by atoms with Crippen LogP contribution in [0.25, 0.3) is 11.2 Å². The Bertz CT molecular complexity index is 1630. The van der Waals surface area contributed by atoms with Gasteiger partial charge in [-0.2, -0.15) is 4.98 Å². The average Bonchev–Trinajstić information content (AvgIpc) is 3.58. The fourth-order valence-electron chi connectivity index (χ4n) is 5.75. The molecule has 0 saturated carbocycles. The number of benzene rings is 1. The number of hydrogen-bond acceptors (Lipinski definition) is 10. The van der Waals surface area contributed by atoms with Gasteiger partial charge in [0.2, 0.25) is 11.9 Å². The molecule has 15 heteroatoms. The predicted octanol–water partition coefficient (Wildman–Crippen LogP) is 4.13. The van der Waals surface area contributed by atoms with E-state index < -0.39 is 44.2 Å². The quantitative estimate of drug-likeness (QED) is 0.211. The summed E-state index contributed by atoms with van der Waals surface area (Å²) in [5.74, 6) is -1.96. The Morgan fingerprint density at radius 1 is 1.23 bits per heavy atom. The molecule has 4 atom stereocenters. The van der Waals surface area contributed by atoms with Crippen LogP contribution >= 0.6 is 0 Å². The SMILES string of the molecule is COC1(O[C@@H]2[C@H](O[Si](C)(C)C(C)(C)C)[C@@H](CN)O[C@H]2n2cnc3c(=O)[nH]c(NC(=O)C(C)C)nc32)CCN(c2ccccc2F)CC1. The minimum absolute atomic E-state index is 0.00302. The van der Waals surface area contributed by atoms with Crippen molar-refractivity contribution >= 4 is 37.0 Å². The van der Waals surface area contributed by atoms with E-state index >= 15 is 0 Å². The number of imidazole rings is 1. The van der Waals surface area contributed by atoms with Crippen molar-refractivity contribution in [2.24, 2.45) is 11.7 Å². The molecule has 4 heterocycles. The maximum atomic E-state index is 14.7. The number of hydrogen-bond donors (Lipinski definition) is 3. The van der Waals surface area contributed by atoms with Gasteiger partial charge < -0.3 is 29.3 Å². The van der Waals surface area contributed by atoms with Gasteiger partial charge in [-0.25, -0.2) is 9.37 Å². The Morgan fingerprint density at radius 3 is 2.51 bits per heavy atom. The Balaban J connectivity index is 1.54. The highest BCUT2D eigenvalue weighted by atomic mass is 28.4. The molecule has 13 nitrogen and oxygen atoms in total. The van der Waals surface area contributed by atoms with E-state index in [0.717, 1.165) is 0 Å². The van der Waals surface area contributed by atoms with Crippen LogP contribution in [0.5, 0.6) is 0 Å². The van der Waals surface area contributed by atoms with Crippen molar-refractivity contribution in [3.8, 4) is 0 Å². The Morgan fingerprint density at radius 2 is 1.91 bits per heavy atom. The highest BCUT2D eigenvalue weighted by molar-refractivity contribution is 6.74. The molecule has 0 unspecified atom stereocenters. The summed E-state index contributed by atoms with van der Waals surface area (Å²) in [5, 5.41) is 2.54. The van der Waals surface area contributed by atoms with Crippen LogP contribution in [-0.2, 0) is 23.4 Å². The number of rotatable bonds is 10. The zero-order valence-electron chi connectivity index (χ0n) is 28.5. The molecule has 258 valence electrons. The summed E-state index contributed by atoms with van der Waals surface area (Å²) < 4.78 is 43.0. The molecular weight excluding hydrogens is 625 g/mol. The van der Waals surface area contributed by atoms with Crippen LogP contribution in [0.1, 0.15) is 53.7 Å². The number of methoxy groups -OCH3 is 1. The van der Waals surface area contributed by atoms with E-state index in [1.807, 2.05) is 11.0 Å².